The van der Waals surface area contributed by atoms with E-state index in [0.29, 0.717) is 19.3 Å². The van der Waals surface area contributed by atoms with Crippen LogP contribution in [0.15, 0.2) is 24.4 Å². The fourth-order valence-electron chi connectivity index (χ4n) is 2.83. The molecule has 0 unspecified atom stereocenters. The Hall–Kier alpha value is -1.85. The van der Waals surface area contributed by atoms with Crippen molar-refractivity contribution in [3.05, 3.63) is 35.5 Å². The summed E-state index contributed by atoms with van der Waals surface area (Å²) in [5, 5.41) is 4.12. The molecule has 2 aromatic rings. The first-order valence-electron chi connectivity index (χ1n) is 8.69. The zero-order chi connectivity index (χ0) is 17.1. The van der Waals surface area contributed by atoms with E-state index >= 15 is 0 Å². The van der Waals surface area contributed by atoms with Crippen LogP contribution in [0.4, 0.5) is 4.79 Å². The van der Waals surface area contributed by atoms with Gasteiger partial charge in [0.25, 0.3) is 0 Å². The van der Waals surface area contributed by atoms with Crippen molar-refractivity contribution >= 4 is 16.9 Å². The number of rotatable bonds is 7. The number of carbonyl (C=O) groups excluding carboxylic acids is 1. The van der Waals surface area contributed by atoms with Gasteiger partial charge in [-0.2, -0.15) is 0 Å². The first-order valence-corrected chi connectivity index (χ1v) is 8.69. The Morgan fingerprint density at radius 1 is 1.38 bits per heavy atom. The van der Waals surface area contributed by atoms with Crippen LogP contribution in [0.25, 0.3) is 10.9 Å². The number of hydrogen-bond acceptors (Lipinski definition) is 3. The first-order chi connectivity index (χ1) is 11.5. The molecule has 1 aromatic heterocycles. The molecule has 1 aromatic carbocycles. The van der Waals surface area contributed by atoms with Crippen LogP contribution < -0.4 is 5.32 Å². The zero-order valence-corrected chi connectivity index (χ0v) is 14.8. The summed E-state index contributed by atoms with van der Waals surface area (Å²) in [6.45, 7) is 4.18. The summed E-state index contributed by atoms with van der Waals surface area (Å²) in [7, 11) is 4.13. The van der Waals surface area contributed by atoms with E-state index in [1.807, 2.05) is 12.3 Å². The Morgan fingerprint density at radius 3 is 2.88 bits per heavy atom. The van der Waals surface area contributed by atoms with E-state index < -0.39 is 0 Å². The maximum atomic E-state index is 12.5. The van der Waals surface area contributed by atoms with Crippen molar-refractivity contribution in [1.82, 2.24) is 14.8 Å². The zero-order valence-electron chi connectivity index (χ0n) is 14.8. The second-order valence-electron chi connectivity index (χ2n) is 6.90. The highest BCUT2D eigenvalue weighted by Crippen LogP contribution is 2.24. The third-order valence-corrected chi connectivity index (χ3v) is 4.35. The summed E-state index contributed by atoms with van der Waals surface area (Å²) < 4.78 is 7.32. The number of carbonyl (C=O) groups is 1. The summed E-state index contributed by atoms with van der Waals surface area (Å²) >= 11 is 0. The minimum absolute atomic E-state index is 0.0839. The summed E-state index contributed by atoms with van der Waals surface area (Å²) in [6.07, 6.45) is 5.65. The monoisotopic (exact) mass is 329 g/mol. The number of nitrogens with zero attached hydrogens (tertiary/aromatic N) is 2. The smallest absolute Gasteiger partial charge is 0.326 e. The van der Waals surface area contributed by atoms with Gasteiger partial charge in [-0.25, -0.2) is 4.79 Å². The highest BCUT2D eigenvalue weighted by molar-refractivity contribution is 5.94. The van der Waals surface area contributed by atoms with Crippen molar-refractivity contribution in [3.8, 4) is 0 Å². The van der Waals surface area contributed by atoms with Gasteiger partial charge in [0.2, 0.25) is 0 Å². The molecule has 1 heterocycles. The van der Waals surface area contributed by atoms with Crippen molar-refractivity contribution in [2.24, 2.45) is 0 Å². The van der Waals surface area contributed by atoms with Crippen LogP contribution in [-0.4, -0.2) is 55.4 Å². The van der Waals surface area contributed by atoms with Crippen LogP contribution in [-0.2, 0) is 11.2 Å². The lowest BCUT2D eigenvalue weighted by Crippen LogP contribution is -2.31. The second-order valence-corrected chi connectivity index (χ2v) is 6.90. The molecular weight excluding hydrogens is 302 g/mol. The van der Waals surface area contributed by atoms with E-state index in [1.165, 1.54) is 16.5 Å². The number of ether oxygens (including phenoxy) is 1. The van der Waals surface area contributed by atoms with Crippen LogP contribution in [0.1, 0.15) is 24.0 Å². The number of amides is 1. The number of nitrogens with one attached hydrogen (secondary N) is 1. The van der Waals surface area contributed by atoms with Gasteiger partial charge in [-0.05, 0) is 58.0 Å². The van der Waals surface area contributed by atoms with E-state index in [0.717, 1.165) is 31.3 Å². The average Bonchev–Trinajstić information content (AvgIpc) is 3.30. The lowest BCUT2D eigenvalue weighted by atomic mass is 10.1. The van der Waals surface area contributed by atoms with Crippen LogP contribution in [0.5, 0.6) is 0 Å². The predicted molar refractivity (Wildman–Crippen MR) is 96.7 cm³/mol. The topological polar surface area (TPSA) is 46.5 Å². The van der Waals surface area contributed by atoms with Gasteiger partial charge >= 0.3 is 6.03 Å². The minimum atomic E-state index is -0.0839. The summed E-state index contributed by atoms with van der Waals surface area (Å²) in [6, 6.07) is 6.17. The summed E-state index contributed by atoms with van der Waals surface area (Å²) in [5.74, 6) is 0. The van der Waals surface area contributed by atoms with Crippen molar-refractivity contribution in [1.29, 1.82) is 0 Å². The number of aromatic nitrogens is 1. The molecule has 1 fully saturated rings. The standard InChI is InChI=1S/C19H27N3O2/c1-14-4-7-18-17(12-14)15(8-10-21(2)3)13-22(18)19(23)20-9-11-24-16-5-6-16/h4,7,12-13,16H,5-6,8-11H2,1-3H3,(H,20,23). The lowest BCUT2D eigenvalue weighted by molar-refractivity contribution is 0.122. The van der Waals surface area contributed by atoms with Crippen LogP contribution in [0.3, 0.4) is 0 Å². The number of likely N-dealkylation sites (N-methyl/N-ethyl adjacent to an activating group) is 1. The van der Waals surface area contributed by atoms with E-state index in [2.05, 4.69) is 43.4 Å². The van der Waals surface area contributed by atoms with Crippen LogP contribution >= 0.6 is 0 Å². The molecule has 0 spiro atoms. The lowest BCUT2D eigenvalue weighted by Gasteiger charge is -2.08. The highest BCUT2D eigenvalue weighted by atomic mass is 16.5. The Balaban J connectivity index is 1.74. The first kappa shape index (κ1) is 17.0. The van der Waals surface area contributed by atoms with Crippen molar-refractivity contribution in [2.75, 3.05) is 33.8 Å². The van der Waals surface area contributed by atoms with Gasteiger partial charge in [0.15, 0.2) is 0 Å². The molecule has 5 nitrogen and oxygen atoms in total. The quantitative estimate of drug-likeness (QED) is 0.795. The molecule has 1 N–H and O–H groups in total. The SMILES string of the molecule is Cc1ccc2c(c1)c(CCN(C)C)cn2C(=O)NCCOC1CC1. The molecule has 0 bridgehead atoms. The molecule has 130 valence electrons. The van der Waals surface area contributed by atoms with E-state index in [9.17, 15) is 4.79 Å². The van der Waals surface area contributed by atoms with E-state index in [4.69, 9.17) is 4.74 Å². The second kappa shape index (κ2) is 7.36. The van der Waals surface area contributed by atoms with Gasteiger partial charge < -0.3 is 15.0 Å². The van der Waals surface area contributed by atoms with Gasteiger partial charge in [0.1, 0.15) is 0 Å². The van der Waals surface area contributed by atoms with Gasteiger partial charge in [0, 0.05) is 24.7 Å². The molecule has 1 saturated carbocycles. The molecule has 1 aliphatic carbocycles. The van der Waals surface area contributed by atoms with Crippen molar-refractivity contribution in [3.63, 3.8) is 0 Å². The molecule has 0 atom stereocenters. The maximum Gasteiger partial charge on any atom is 0.326 e. The Kier molecular flexibility index (Phi) is 5.21. The molecular formula is C19H27N3O2. The van der Waals surface area contributed by atoms with E-state index in [1.54, 1.807) is 4.57 Å². The molecule has 1 amide bonds. The van der Waals surface area contributed by atoms with Crippen molar-refractivity contribution in [2.45, 2.75) is 32.3 Å². The fraction of sp³-hybridized carbons (Fsp3) is 0.526. The fourth-order valence-corrected chi connectivity index (χ4v) is 2.83. The number of aryl methyl sites for hydroxylation is 1. The largest absolute Gasteiger partial charge is 0.376 e. The van der Waals surface area contributed by atoms with Crippen LogP contribution in [0, 0.1) is 6.92 Å². The summed E-state index contributed by atoms with van der Waals surface area (Å²) in [5.41, 5.74) is 3.39. The third kappa shape index (κ3) is 4.16. The normalized spacial score (nSPS) is 14.5. The van der Waals surface area contributed by atoms with Gasteiger partial charge in [-0.15, -0.1) is 0 Å². The Morgan fingerprint density at radius 2 is 2.17 bits per heavy atom. The minimum Gasteiger partial charge on any atom is -0.376 e. The molecule has 0 saturated heterocycles. The number of benzene rings is 1. The van der Waals surface area contributed by atoms with Gasteiger partial charge in [-0.1, -0.05) is 11.6 Å². The molecule has 0 aliphatic heterocycles. The van der Waals surface area contributed by atoms with Crippen molar-refractivity contribution < 1.29 is 9.53 Å². The molecule has 0 radical (unpaired) electrons. The van der Waals surface area contributed by atoms with Crippen LogP contribution in [0.2, 0.25) is 0 Å². The molecule has 5 heteroatoms. The Labute approximate surface area is 143 Å². The van der Waals surface area contributed by atoms with Gasteiger partial charge in [-0.3, -0.25) is 4.57 Å². The number of fused-ring (bicyclic) bond motifs is 1. The predicted octanol–water partition coefficient (Wildman–Crippen LogP) is 2.79. The molecule has 3 rings (SSSR count). The summed E-state index contributed by atoms with van der Waals surface area (Å²) in [4.78, 5) is 14.7. The highest BCUT2D eigenvalue weighted by Gasteiger charge is 2.21. The number of hydrogen-bond donors (Lipinski definition) is 1. The Bertz CT molecular complexity index is 717. The van der Waals surface area contributed by atoms with Gasteiger partial charge in [0.05, 0.1) is 18.2 Å². The molecule has 1 aliphatic rings. The average molecular weight is 329 g/mol. The van der Waals surface area contributed by atoms with E-state index in [-0.39, 0.29) is 6.03 Å². The third-order valence-electron chi connectivity index (χ3n) is 4.35. The molecule has 24 heavy (non-hydrogen) atoms. The maximum absolute atomic E-state index is 12.5.